The quantitative estimate of drug-likeness (QED) is 0.272. The molecule has 3 aromatic carbocycles. The number of fused-ring (bicyclic) bond motifs is 1. The number of carbonyl (C=O) groups is 3. The van der Waals surface area contributed by atoms with Gasteiger partial charge < -0.3 is 30.1 Å². The molecule has 45 heavy (non-hydrogen) atoms. The number of anilines is 2. The topological polar surface area (TPSA) is 117 Å². The molecule has 236 valence electrons. The number of rotatable bonds is 10. The molecule has 3 amide bonds. The summed E-state index contributed by atoms with van der Waals surface area (Å²) in [5.41, 5.74) is 0.231. The lowest BCUT2D eigenvalue weighted by molar-refractivity contribution is -0.148. The number of likely N-dealkylation sites (tertiary alicyclic amines) is 1. The molecule has 0 aromatic heterocycles. The number of amides is 3. The Balaban J connectivity index is 1.42. The van der Waals surface area contributed by atoms with E-state index in [0.717, 1.165) is 5.56 Å². The number of ether oxygens (including phenoxy) is 2. The van der Waals surface area contributed by atoms with Gasteiger partial charge in [-0.1, -0.05) is 61.0 Å². The van der Waals surface area contributed by atoms with Crippen molar-refractivity contribution in [2.75, 3.05) is 23.8 Å². The molecule has 2 bridgehead atoms. The molecule has 9 nitrogen and oxygen atoms in total. The van der Waals surface area contributed by atoms with E-state index in [1.807, 2.05) is 57.2 Å². The average molecular weight is 632 g/mol. The number of aliphatic hydroxyl groups excluding tert-OH is 1. The van der Waals surface area contributed by atoms with Gasteiger partial charge in [-0.15, -0.1) is 0 Å². The van der Waals surface area contributed by atoms with Crippen LogP contribution in [0.2, 0.25) is 5.02 Å². The summed E-state index contributed by atoms with van der Waals surface area (Å²) in [6.45, 7) is 5.79. The predicted molar refractivity (Wildman–Crippen MR) is 171 cm³/mol. The number of carbonyl (C=O) groups excluding carboxylic acids is 3. The van der Waals surface area contributed by atoms with Crippen LogP contribution in [0.1, 0.15) is 50.3 Å². The highest BCUT2D eigenvalue weighted by Gasteiger charge is 2.79. The molecule has 1 spiro atoms. The fraction of sp³-hybridized carbons (Fsp3) is 0.400. The van der Waals surface area contributed by atoms with Crippen LogP contribution in [-0.2, 0) is 19.1 Å². The van der Waals surface area contributed by atoms with Crippen molar-refractivity contribution in [3.05, 3.63) is 88.9 Å². The number of nitrogens with zero attached hydrogens (tertiary/aromatic N) is 1. The molecule has 6 atom stereocenters. The number of nitrogens with one attached hydrogen (secondary N) is 2. The van der Waals surface area contributed by atoms with Crippen LogP contribution in [-0.4, -0.2) is 58.2 Å². The Morgan fingerprint density at radius 1 is 1.02 bits per heavy atom. The number of hydrogen-bond donors (Lipinski definition) is 3. The summed E-state index contributed by atoms with van der Waals surface area (Å²) >= 11 is 6.51. The fourth-order valence-corrected chi connectivity index (χ4v) is 7.99. The zero-order chi connectivity index (χ0) is 31.9. The molecular formula is C35H38ClN3O6. The summed E-state index contributed by atoms with van der Waals surface area (Å²) in [4.78, 5) is 44.8. The largest absolute Gasteiger partial charge is 0.494 e. The molecule has 10 heteroatoms. The van der Waals surface area contributed by atoms with Gasteiger partial charge in [0.1, 0.15) is 17.4 Å². The summed E-state index contributed by atoms with van der Waals surface area (Å²) in [7, 11) is 0. The van der Waals surface area contributed by atoms with Gasteiger partial charge in [-0.25, -0.2) is 0 Å². The summed E-state index contributed by atoms with van der Waals surface area (Å²) in [6, 6.07) is 19.5. The van der Waals surface area contributed by atoms with Gasteiger partial charge in [0.2, 0.25) is 17.7 Å². The molecule has 0 radical (unpaired) electrons. The zero-order valence-corrected chi connectivity index (χ0v) is 26.3. The van der Waals surface area contributed by atoms with E-state index in [9.17, 15) is 19.5 Å². The maximum atomic E-state index is 14.7. The average Bonchev–Trinajstić information content (AvgIpc) is 3.65. The Bertz CT molecular complexity index is 1580. The van der Waals surface area contributed by atoms with Crippen molar-refractivity contribution in [3.8, 4) is 5.75 Å². The van der Waals surface area contributed by atoms with Crippen LogP contribution in [0, 0.1) is 18.8 Å². The van der Waals surface area contributed by atoms with Crippen LogP contribution < -0.4 is 15.4 Å². The van der Waals surface area contributed by atoms with E-state index in [4.69, 9.17) is 21.1 Å². The molecule has 3 heterocycles. The third-order valence-corrected chi connectivity index (χ3v) is 10.1. The molecule has 3 fully saturated rings. The van der Waals surface area contributed by atoms with E-state index < -0.39 is 53.5 Å². The second-order valence-electron chi connectivity index (χ2n) is 12.1. The van der Waals surface area contributed by atoms with Crippen molar-refractivity contribution in [3.63, 3.8) is 0 Å². The first-order valence-corrected chi connectivity index (χ1v) is 15.8. The molecule has 3 aliphatic rings. The number of para-hydroxylation sites is 1. The van der Waals surface area contributed by atoms with E-state index in [-0.39, 0.29) is 5.91 Å². The van der Waals surface area contributed by atoms with Crippen molar-refractivity contribution in [1.29, 1.82) is 0 Å². The van der Waals surface area contributed by atoms with Gasteiger partial charge >= 0.3 is 0 Å². The normalized spacial score (nSPS) is 27.3. The van der Waals surface area contributed by atoms with Gasteiger partial charge in [-0.2, -0.15) is 0 Å². The molecule has 0 aliphatic carbocycles. The monoisotopic (exact) mass is 631 g/mol. The standard InChI is InChI=1S/C35H38ClN3O6/c1-4-34-18-19-35(45-34)28(27(34)31(41)37-23-14-16-24(17-15-23)44-5-2)33(43)39(26(20-40)22-11-7-6-8-12-22)30(35)32(42)38-29-21(3)10-9-13-25(29)36/h6-17,26-28,30,40H,4-5,18-20H2,1-3H3,(H,37,41)(H,38,42)/t26-,27+,28+,30?,34-,35?/m1/s1. The highest BCUT2D eigenvalue weighted by molar-refractivity contribution is 6.34. The van der Waals surface area contributed by atoms with Crippen LogP contribution in [0.4, 0.5) is 11.4 Å². The molecular weight excluding hydrogens is 594 g/mol. The fourth-order valence-electron chi connectivity index (χ4n) is 7.72. The van der Waals surface area contributed by atoms with E-state index in [1.165, 1.54) is 4.90 Å². The minimum absolute atomic E-state index is 0.343. The first-order valence-electron chi connectivity index (χ1n) is 15.5. The van der Waals surface area contributed by atoms with E-state index in [1.54, 1.807) is 36.4 Å². The lowest BCUT2D eigenvalue weighted by Gasteiger charge is -2.37. The molecule has 3 N–H and O–H groups in total. The number of halogens is 1. The van der Waals surface area contributed by atoms with Gasteiger partial charge in [-0.05, 0) is 74.6 Å². The number of benzene rings is 3. The maximum absolute atomic E-state index is 14.7. The third kappa shape index (κ3) is 5.07. The minimum Gasteiger partial charge on any atom is -0.494 e. The predicted octanol–water partition coefficient (Wildman–Crippen LogP) is 5.51. The van der Waals surface area contributed by atoms with Crippen LogP contribution >= 0.6 is 11.6 Å². The highest BCUT2D eigenvalue weighted by Crippen LogP contribution is 2.65. The first kappa shape index (κ1) is 31.1. The summed E-state index contributed by atoms with van der Waals surface area (Å²) in [5.74, 6) is -2.32. The third-order valence-electron chi connectivity index (χ3n) is 9.75. The highest BCUT2D eigenvalue weighted by atomic mass is 35.5. The lowest BCUT2D eigenvalue weighted by Crippen LogP contribution is -2.54. The molecule has 6 rings (SSSR count). The van der Waals surface area contributed by atoms with E-state index >= 15 is 0 Å². The summed E-state index contributed by atoms with van der Waals surface area (Å²) in [5, 5.41) is 17.1. The van der Waals surface area contributed by atoms with Crippen molar-refractivity contribution in [1.82, 2.24) is 4.90 Å². The number of aliphatic hydroxyl groups is 1. The zero-order valence-electron chi connectivity index (χ0n) is 25.6. The SMILES string of the molecule is CCOc1ccc(NC(=O)[C@@H]2[C@H]3C(=O)N([C@H](CO)c4ccccc4)C(C(=O)Nc4c(C)cccc4Cl)C34CC[C@@]2(CC)O4)cc1. The van der Waals surface area contributed by atoms with Crippen LogP contribution in [0.15, 0.2) is 72.8 Å². The Hall–Kier alpha value is -3.92. The van der Waals surface area contributed by atoms with Gasteiger partial charge in [-0.3, -0.25) is 14.4 Å². The molecule has 3 aliphatic heterocycles. The van der Waals surface area contributed by atoms with Gasteiger partial charge in [0.15, 0.2) is 0 Å². The molecule has 2 unspecified atom stereocenters. The van der Waals surface area contributed by atoms with E-state index in [0.29, 0.717) is 53.6 Å². The van der Waals surface area contributed by atoms with Crippen molar-refractivity contribution in [2.45, 2.75) is 63.3 Å². The summed E-state index contributed by atoms with van der Waals surface area (Å²) in [6.07, 6.45) is 1.40. The second-order valence-corrected chi connectivity index (χ2v) is 12.5. The van der Waals surface area contributed by atoms with Gasteiger partial charge in [0.05, 0.1) is 47.4 Å². The summed E-state index contributed by atoms with van der Waals surface area (Å²) < 4.78 is 12.4. The van der Waals surface area contributed by atoms with Gasteiger partial charge in [0.25, 0.3) is 0 Å². The second kappa shape index (κ2) is 12.1. The number of aryl methyl sites for hydroxylation is 1. The molecule has 3 saturated heterocycles. The Kier molecular flexibility index (Phi) is 8.37. The molecule has 3 aromatic rings. The maximum Gasteiger partial charge on any atom is 0.250 e. The molecule has 0 saturated carbocycles. The first-order chi connectivity index (χ1) is 21.7. The van der Waals surface area contributed by atoms with Crippen molar-refractivity contribution in [2.24, 2.45) is 11.8 Å². The van der Waals surface area contributed by atoms with Crippen molar-refractivity contribution < 1.29 is 29.0 Å². The lowest BCUT2D eigenvalue weighted by atomic mass is 9.65. The Morgan fingerprint density at radius 3 is 2.40 bits per heavy atom. The Morgan fingerprint density at radius 2 is 1.76 bits per heavy atom. The number of hydrogen-bond acceptors (Lipinski definition) is 6. The van der Waals surface area contributed by atoms with Crippen LogP contribution in [0.5, 0.6) is 5.75 Å². The van der Waals surface area contributed by atoms with E-state index in [2.05, 4.69) is 10.6 Å². The van der Waals surface area contributed by atoms with Crippen molar-refractivity contribution >= 4 is 40.7 Å². The van der Waals surface area contributed by atoms with Gasteiger partial charge in [0, 0.05) is 5.69 Å². The minimum atomic E-state index is -1.28. The Labute approximate surface area is 267 Å². The van der Waals surface area contributed by atoms with Crippen LogP contribution in [0.25, 0.3) is 0 Å². The van der Waals surface area contributed by atoms with Crippen LogP contribution in [0.3, 0.4) is 0 Å². The smallest absolute Gasteiger partial charge is 0.250 e.